The summed E-state index contributed by atoms with van der Waals surface area (Å²) in [5.74, 6) is 0.0128. The molecular formula is C21H21N3O. The van der Waals surface area contributed by atoms with Gasteiger partial charge in [-0.05, 0) is 55.7 Å². The molecule has 0 saturated heterocycles. The summed E-state index contributed by atoms with van der Waals surface area (Å²) in [6.07, 6.45) is 2.36. The zero-order chi connectivity index (χ0) is 17.6. The molecule has 0 spiro atoms. The third-order valence-corrected chi connectivity index (χ3v) is 4.32. The van der Waals surface area contributed by atoms with E-state index in [1.165, 1.54) is 0 Å². The van der Waals surface area contributed by atoms with Gasteiger partial charge in [-0.15, -0.1) is 0 Å². The van der Waals surface area contributed by atoms with Gasteiger partial charge in [-0.25, -0.2) is 0 Å². The molecule has 2 unspecified atom stereocenters. The number of hydrogen-bond acceptors (Lipinski definition) is 4. The highest BCUT2D eigenvalue weighted by atomic mass is 16.3. The van der Waals surface area contributed by atoms with Crippen molar-refractivity contribution in [3.8, 4) is 0 Å². The van der Waals surface area contributed by atoms with Gasteiger partial charge < -0.3 is 0 Å². The van der Waals surface area contributed by atoms with Gasteiger partial charge in [0.05, 0.1) is 0 Å². The number of rotatable bonds is 6. The molecule has 0 aliphatic heterocycles. The van der Waals surface area contributed by atoms with Crippen molar-refractivity contribution >= 4 is 0 Å². The molecule has 3 aromatic rings. The van der Waals surface area contributed by atoms with E-state index in [9.17, 15) is 4.91 Å². The van der Waals surface area contributed by atoms with Crippen LogP contribution in [0, 0.1) is 18.8 Å². The average molecular weight is 331 g/mol. The van der Waals surface area contributed by atoms with E-state index in [1.807, 2.05) is 62.4 Å². The molecule has 1 aromatic carbocycles. The molecule has 0 amide bonds. The molecule has 0 saturated carbocycles. The van der Waals surface area contributed by atoms with Crippen LogP contribution < -0.4 is 0 Å². The van der Waals surface area contributed by atoms with Gasteiger partial charge in [0, 0.05) is 29.2 Å². The topological polar surface area (TPSA) is 55.2 Å². The van der Waals surface area contributed by atoms with Crippen LogP contribution in [0.3, 0.4) is 0 Å². The molecule has 2 atom stereocenters. The summed E-state index contributed by atoms with van der Waals surface area (Å²) >= 11 is 0. The quantitative estimate of drug-likeness (QED) is 0.589. The normalized spacial score (nSPS) is 13.2. The van der Waals surface area contributed by atoms with Crippen LogP contribution in [0.5, 0.6) is 0 Å². The average Bonchev–Trinajstić information content (AvgIpc) is 2.63. The van der Waals surface area contributed by atoms with Crippen LogP contribution in [0.25, 0.3) is 0 Å². The number of nitroso groups, excluding NO2 is 1. The van der Waals surface area contributed by atoms with Crippen LogP contribution in [-0.2, 0) is 0 Å². The van der Waals surface area contributed by atoms with E-state index < -0.39 is 6.04 Å². The lowest BCUT2D eigenvalue weighted by molar-refractivity contribution is 0.584. The Morgan fingerprint density at radius 2 is 1.60 bits per heavy atom. The first-order valence-electron chi connectivity index (χ1n) is 8.41. The first-order chi connectivity index (χ1) is 12.2. The molecule has 2 heterocycles. The summed E-state index contributed by atoms with van der Waals surface area (Å²) in [7, 11) is 0. The maximum Gasteiger partial charge on any atom is 0.118 e. The van der Waals surface area contributed by atoms with Crippen LogP contribution >= 0.6 is 0 Å². The largest absolute Gasteiger partial charge is 0.261 e. The third kappa shape index (κ3) is 4.15. The van der Waals surface area contributed by atoms with Crippen molar-refractivity contribution in [3.63, 3.8) is 0 Å². The summed E-state index contributed by atoms with van der Waals surface area (Å²) < 4.78 is 0. The minimum Gasteiger partial charge on any atom is -0.261 e. The zero-order valence-electron chi connectivity index (χ0n) is 14.5. The molecule has 0 bridgehead atoms. The SMILES string of the molecule is Cc1cc(C(CC(c2ccccc2)c2ccccn2)N=O)cc(C)n1. The minimum atomic E-state index is -0.437. The Labute approximate surface area is 148 Å². The number of pyridine rings is 2. The van der Waals surface area contributed by atoms with E-state index in [2.05, 4.69) is 27.3 Å². The lowest BCUT2D eigenvalue weighted by atomic mass is 9.87. The summed E-state index contributed by atoms with van der Waals surface area (Å²) in [6, 6.07) is 19.5. The van der Waals surface area contributed by atoms with Crippen molar-refractivity contribution in [1.29, 1.82) is 0 Å². The second-order valence-corrected chi connectivity index (χ2v) is 6.26. The fourth-order valence-electron chi connectivity index (χ4n) is 3.22. The fraction of sp³-hybridized carbons (Fsp3) is 0.238. The standard InChI is InChI=1S/C21H21N3O/c1-15-12-18(13-16(2)23-15)21(24-25)14-19(17-8-4-3-5-9-17)20-10-6-7-11-22-20/h3-13,19,21H,14H2,1-2H3. The van der Waals surface area contributed by atoms with Crippen LogP contribution in [0.2, 0.25) is 0 Å². The smallest absolute Gasteiger partial charge is 0.118 e. The number of aryl methyl sites for hydroxylation is 2. The lowest BCUT2D eigenvalue weighted by Crippen LogP contribution is -2.09. The third-order valence-electron chi connectivity index (χ3n) is 4.32. The summed E-state index contributed by atoms with van der Waals surface area (Å²) in [4.78, 5) is 20.5. The van der Waals surface area contributed by atoms with Gasteiger partial charge in [0.25, 0.3) is 0 Å². The van der Waals surface area contributed by atoms with E-state index in [-0.39, 0.29) is 5.92 Å². The summed E-state index contributed by atoms with van der Waals surface area (Å²) in [6.45, 7) is 3.87. The van der Waals surface area contributed by atoms with Gasteiger partial charge in [0.1, 0.15) is 6.04 Å². The maximum atomic E-state index is 11.6. The van der Waals surface area contributed by atoms with Crippen molar-refractivity contribution in [2.75, 3.05) is 0 Å². The highest BCUT2D eigenvalue weighted by Crippen LogP contribution is 2.35. The molecule has 4 nitrogen and oxygen atoms in total. The molecular weight excluding hydrogens is 310 g/mol. The Hall–Kier alpha value is -2.88. The number of hydrogen-bond donors (Lipinski definition) is 0. The van der Waals surface area contributed by atoms with E-state index in [4.69, 9.17) is 0 Å². The van der Waals surface area contributed by atoms with E-state index in [0.29, 0.717) is 6.42 Å². The Morgan fingerprint density at radius 1 is 0.920 bits per heavy atom. The maximum absolute atomic E-state index is 11.6. The van der Waals surface area contributed by atoms with Crippen molar-refractivity contribution in [1.82, 2.24) is 9.97 Å². The van der Waals surface area contributed by atoms with Gasteiger partial charge in [-0.2, -0.15) is 4.91 Å². The highest BCUT2D eigenvalue weighted by molar-refractivity contribution is 5.31. The molecule has 3 rings (SSSR count). The lowest BCUT2D eigenvalue weighted by Gasteiger charge is -2.20. The van der Waals surface area contributed by atoms with Gasteiger partial charge in [-0.1, -0.05) is 41.6 Å². The predicted molar refractivity (Wildman–Crippen MR) is 99.4 cm³/mol. The van der Waals surface area contributed by atoms with Gasteiger partial charge in [0.15, 0.2) is 0 Å². The zero-order valence-corrected chi connectivity index (χ0v) is 14.5. The number of aromatic nitrogens is 2. The van der Waals surface area contributed by atoms with Crippen molar-refractivity contribution < 1.29 is 0 Å². The number of benzene rings is 1. The van der Waals surface area contributed by atoms with Crippen LogP contribution in [-0.4, -0.2) is 9.97 Å². The van der Waals surface area contributed by atoms with Crippen molar-refractivity contribution in [2.45, 2.75) is 32.2 Å². The molecule has 0 fully saturated rings. The van der Waals surface area contributed by atoms with E-state index in [1.54, 1.807) is 6.20 Å². The first kappa shape index (κ1) is 17.0. The Kier molecular flexibility index (Phi) is 5.29. The summed E-state index contributed by atoms with van der Waals surface area (Å²) in [5, 5.41) is 3.43. The van der Waals surface area contributed by atoms with E-state index >= 15 is 0 Å². The molecule has 2 aromatic heterocycles. The van der Waals surface area contributed by atoms with Crippen molar-refractivity contribution in [2.24, 2.45) is 5.18 Å². The van der Waals surface area contributed by atoms with Crippen LogP contribution in [0.4, 0.5) is 0 Å². The van der Waals surface area contributed by atoms with Crippen molar-refractivity contribution in [3.05, 3.63) is 100.0 Å². The van der Waals surface area contributed by atoms with Gasteiger partial charge >= 0.3 is 0 Å². The van der Waals surface area contributed by atoms with Crippen LogP contribution in [0.15, 0.2) is 72.0 Å². The molecule has 0 radical (unpaired) electrons. The highest BCUT2D eigenvalue weighted by Gasteiger charge is 2.23. The Morgan fingerprint density at radius 3 is 2.20 bits per heavy atom. The molecule has 0 aliphatic rings. The molecule has 0 N–H and O–H groups in total. The summed E-state index contributed by atoms with van der Waals surface area (Å²) in [5.41, 5.74) is 4.80. The molecule has 4 heteroatoms. The van der Waals surface area contributed by atoms with Gasteiger partial charge in [0.2, 0.25) is 0 Å². The Balaban J connectivity index is 1.97. The first-order valence-corrected chi connectivity index (χ1v) is 8.41. The van der Waals surface area contributed by atoms with Gasteiger partial charge in [-0.3, -0.25) is 9.97 Å². The molecule has 0 aliphatic carbocycles. The fourth-order valence-corrected chi connectivity index (χ4v) is 3.22. The predicted octanol–water partition coefficient (Wildman–Crippen LogP) is 5.12. The Bertz CT molecular complexity index is 775. The molecule has 126 valence electrons. The minimum absolute atomic E-state index is 0.0128. The second-order valence-electron chi connectivity index (χ2n) is 6.26. The second kappa shape index (κ2) is 7.79. The number of nitrogens with zero attached hydrogens (tertiary/aromatic N) is 3. The molecule has 25 heavy (non-hydrogen) atoms. The monoisotopic (exact) mass is 331 g/mol. The van der Waals surface area contributed by atoms with E-state index in [0.717, 1.165) is 28.2 Å². The van der Waals surface area contributed by atoms with Crippen LogP contribution in [0.1, 0.15) is 46.6 Å².